The van der Waals surface area contributed by atoms with Crippen molar-refractivity contribution in [2.75, 3.05) is 39.8 Å². The third kappa shape index (κ3) is 5.55. The van der Waals surface area contributed by atoms with E-state index in [0.717, 1.165) is 37.9 Å². The predicted octanol–water partition coefficient (Wildman–Crippen LogP) is 2.90. The fourth-order valence-corrected chi connectivity index (χ4v) is 5.47. The molecule has 3 aliphatic rings. The van der Waals surface area contributed by atoms with Crippen molar-refractivity contribution in [3.05, 3.63) is 65.5 Å². The molecular weight excluding hydrogens is 459 g/mol. The third-order valence-corrected chi connectivity index (χ3v) is 7.56. The topological polar surface area (TPSA) is 65.1 Å². The number of ether oxygens (including phenoxy) is 1. The highest BCUT2D eigenvalue weighted by Gasteiger charge is 2.46. The Morgan fingerprint density at radius 2 is 1.89 bits per heavy atom. The lowest BCUT2D eigenvalue weighted by atomic mass is 10.1. The minimum atomic E-state index is -0.499. The fourth-order valence-electron chi connectivity index (χ4n) is 5.47. The zero-order valence-corrected chi connectivity index (χ0v) is 20.9. The van der Waals surface area contributed by atoms with E-state index in [2.05, 4.69) is 10.2 Å². The van der Waals surface area contributed by atoms with E-state index in [0.29, 0.717) is 50.0 Å². The maximum absolute atomic E-state index is 13.8. The monoisotopic (exact) mass is 494 g/mol. The number of methoxy groups -OCH3 is 1. The van der Waals surface area contributed by atoms with Crippen LogP contribution in [0.15, 0.2) is 48.5 Å². The van der Waals surface area contributed by atoms with Crippen LogP contribution in [0.3, 0.4) is 0 Å². The second-order valence-electron chi connectivity index (χ2n) is 10.1. The zero-order chi connectivity index (χ0) is 25.1. The number of rotatable bonds is 7. The molecule has 3 fully saturated rings. The molecule has 0 radical (unpaired) electrons. The molecule has 2 atom stereocenters. The highest BCUT2D eigenvalue weighted by Crippen LogP contribution is 2.36. The molecule has 192 valence electrons. The SMILES string of the molecule is COc1cccc(C(=O)N2CC(N(Cc3ccc(F)cc3)C3CC3)CC2C(=O)N2CCCNCC2)c1. The zero-order valence-electron chi connectivity index (χ0n) is 20.9. The molecule has 2 aliphatic heterocycles. The van der Waals surface area contributed by atoms with Crippen LogP contribution in [0.4, 0.5) is 4.39 Å². The second kappa shape index (κ2) is 11.0. The van der Waals surface area contributed by atoms with Gasteiger partial charge < -0.3 is 19.9 Å². The summed E-state index contributed by atoms with van der Waals surface area (Å²) in [5.74, 6) is 0.273. The van der Waals surface area contributed by atoms with Gasteiger partial charge in [-0.25, -0.2) is 4.39 Å². The Morgan fingerprint density at radius 1 is 1.08 bits per heavy atom. The molecule has 36 heavy (non-hydrogen) atoms. The van der Waals surface area contributed by atoms with E-state index >= 15 is 0 Å². The molecule has 0 bridgehead atoms. The van der Waals surface area contributed by atoms with Crippen molar-refractivity contribution < 1.29 is 18.7 Å². The Bertz CT molecular complexity index is 1070. The summed E-state index contributed by atoms with van der Waals surface area (Å²) in [4.78, 5) is 33.7. The van der Waals surface area contributed by atoms with Gasteiger partial charge in [0.2, 0.25) is 5.91 Å². The van der Waals surface area contributed by atoms with Gasteiger partial charge in [-0.3, -0.25) is 14.5 Å². The molecule has 2 heterocycles. The number of amides is 2. The van der Waals surface area contributed by atoms with E-state index in [9.17, 15) is 14.0 Å². The number of hydrogen-bond donors (Lipinski definition) is 1. The first-order valence-corrected chi connectivity index (χ1v) is 13.0. The van der Waals surface area contributed by atoms with E-state index < -0.39 is 6.04 Å². The van der Waals surface area contributed by atoms with Crippen molar-refractivity contribution in [2.45, 2.75) is 50.4 Å². The first kappa shape index (κ1) is 24.7. The molecule has 7 nitrogen and oxygen atoms in total. The summed E-state index contributed by atoms with van der Waals surface area (Å²) in [6.45, 7) is 4.21. The van der Waals surface area contributed by atoms with Gasteiger partial charge in [0.1, 0.15) is 17.6 Å². The minimum absolute atomic E-state index is 0.0370. The van der Waals surface area contributed by atoms with Gasteiger partial charge in [0.25, 0.3) is 5.91 Å². The molecule has 5 rings (SSSR count). The Labute approximate surface area is 212 Å². The molecule has 2 unspecified atom stereocenters. The first-order valence-electron chi connectivity index (χ1n) is 13.0. The van der Waals surface area contributed by atoms with Gasteiger partial charge in [0.05, 0.1) is 7.11 Å². The summed E-state index contributed by atoms with van der Waals surface area (Å²) >= 11 is 0. The molecule has 2 aromatic rings. The highest BCUT2D eigenvalue weighted by atomic mass is 19.1. The molecule has 1 N–H and O–H groups in total. The van der Waals surface area contributed by atoms with Crippen LogP contribution < -0.4 is 10.1 Å². The van der Waals surface area contributed by atoms with E-state index in [-0.39, 0.29) is 23.7 Å². The average Bonchev–Trinajstić information content (AvgIpc) is 3.70. The number of benzene rings is 2. The minimum Gasteiger partial charge on any atom is -0.497 e. The van der Waals surface area contributed by atoms with Crippen molar-refractivity contribution in [3.63, 3.8) is 0 Å². The smallest absolute Gasteiger partial charge is 0.254 e. The molecule has 2 aromatic carbocycles. The number of nitrogens with one attached hydrogen (secondary N) is 1. The van der Waals surface area contributed by atoms with Crippen molar-refractivity contribution in [1.29, 1.82) is 0 Å². The fraction of sp³-hybridized carbons (Fsp3) is 0.500. The lowest BCUT2D eigenvalue weighted by Gasteiger charge is -2.29. The Morgan fingerprint density at radius 3 is 2.64 bits per heavy atom. The van der Waals surface area contributed by atoms with Crippen LogP contribution in [0.25, 0.3) is 0 Å². The van der Waals surface area contributed by atoms with Crippen molar-refractivity contribution in [1.82, 2.24) is 20.0 Å². The van der Waals surface area contributed by atoms with Crippen LogP contribution >= 0.6 is 0 Å². The molecule has 2 amide bonds. The van der Waals surface area contributed by atoms with E-state index in [1.165, 1.54) is 12.1 Å². The van der Waals surface area contributed by atoms with Crippen LogP contribution in [-0.4, -0.2) is 84.5 Å². The molecule has 0 aromatic heterocycles. The largest absolute Gasteiger partial charge is 0.497 e. The van der Waals surface area contributed by atoms with Crippen LogP contribution in [0.5, 0.6) is 5.75 Å². The molecule has 1 aliphatic carbocycles. The number of carbonyl (C=O) groups excluding carboxylic acids is 2. The lowest BCUT2D eigenvalue weighted by molar-refractivity contribution is -0.135. The summed E-state index contributed by atoms with van der Waals surface area (Å²) < 4.78 is 18.8. The highest BCUT2D eigenvalue weighted by molar-refractivity contribution is 5.98. The number of hydrogen-bond acceptors (Lipinski definition) is 5. The summed E-state index contributed by atoms with van der Waals surface area (Å²) in [5, 5.41) is 3.35. The summed E-state index contributed by atoms with van der Waals surface area (Å²) in [7, 11) is 1.58. The number of carbonyl (C=O) groups is 2. The normalized spacial score (nSPS) is 22.5. The summed E-state index contributed by atoms with van der Waals surface area (Å²) in [6.07, 6.45) is 3.73. The van der Waals surface area contributed by atoms with E-state index in [1.54, 1.807) is 24.1 Å². The van der Waals surface area contributed by atoms with Crippen LogP contribution in [-0.2, 0) is 11.3 Å². The number of likely N-dealkylation sites (tertiary alicyclic amines) is 1. The van der Waals surface area contributed by atoms with Crippen LogP contribution in [0.1, 0.15) is 41.6 Å². The summed E-state index contributed by atoms with van der Waals surface area (Å²) in [6, 6.07) is 13.8. The standard InChI is InChI=1S/C28H35FN4O3/c1-36-25-5-2-4-21(16-25)27(34)33-19-24(17-26(33)28(35)31-14-3-12-30-13-15-31)32(23-10-11-23)18-20-6-8-22(29)9-7-20/h2,4-9,16,23-24,26,30H,3,10-15,17-19H2,1H3. The third-order valence-electron chi connectivity index (χ3n) is 7.56. The van der Waals surface area contributed by atoms with Crippen molar-refractivity contribution >= 4 is 11.8 Å². The first-order chi connectivity index (χ1) is 17.5. The molecule has 2 saturated heterocycles. The summed E-state index contributed by atoms with van der Waals surface area (Å²) in [5.41, 5.74) is 1.57. The average molecular weight is 495 g/mol. The van der Waals surface area contributed by atoms with Gasteiger partial charge in [-0.1, -0.05) is 18.2 Å². The van der Waals surface area contributed by atoms with Crippen molar-refractivity contribution in [2.24, 2.45) is 0 Å². The maximum atomic E-state index is 13.8. The van der Waals surface area contributed by atoms with Crippen molar-refractivity contribution in [3.8, 4) is 5.75 Å². The van der Waals surface area contributed by atoms with E-state index in [1.807, 2.05) is 29.2 Å². The van der Waals surface area contributed by atoms with Gasteiger partial charge in [-0.15, -0.1) is 0 Å². The molecule has 0 spiro atoms. The molecule has 8 heteroatoms. The van der Waals surface area contributed by atoms with Gasteiger partial charge >= 0.3 is 0 Å². The Kier molecular flexibility index (Phi) is 7.53. The van der Waals surface area contributed by atoms with Gasteiger partial charge in [0.15, 0.2) is 0 Å². The van der Waals surface area contributed by atoms with Gasteiger partial charge in [-0.05, 0) is 68.1 Å². The van der Waals surface area contributed by atoms with Crippen LogP contribution in [0.2, 0.25) is 0 Å². The van der Waals surface area contributed by atoms with Gasteiger partial charge in [-0.2, -0.15) is 0 Å². The maximum Gasteiger partial charge on any atom is 0.254 e. The number of nitrogens with zero attached hydrogens (tertiary/aromatic N) is 3. The van der Waals surface area contributed by atoms with E-state index in [4.69, 9.17) is 4.74 Å². The molecule has 1 saturated carbocycles. The molecular formula is C28H35FN4O3. The second-order valence-corrected chi connectivity index (χ2v) is 10.1. The Balaban J connectivity index is 1.41. The van der Waals surface area contributed by atoms with Crippen LogP contribution in [0, 0.1) is 5.82 Å². The predicted molar refractivity (Wildman–Crippen MR) is 135 cm³/mol. The quantitative estimate of drug-likeness (QED) is 0.641. The number of halogens is 1. The lowest BCUT2D eigenvalue weighted by Crippen LogP contribution is -2.48. The van der Waals surface area contributed by atoms with Gasteiger partial charge in [0, 0.05) is 50.4 Å². The Hall–Kier alpha value is -2.97.